The molecule has 0 radical (unpaired) electrons. The molecule has 3 aromatic heterocycles. The molecular formula is C19H24N6OS. The van der Waals surface area contributed by atoms with E-state index in [2.05, 4.69) is 16.9 Å². The van der Waals surface area contributed by atoms with Gasteiger partial charge in [0.25, 0.3) is 0 Å². The van der Waals surface area contributed by atoms with Crippen molar-refractivity contribution in [1.82, 2.24) is 29.7 Å². The zero-order valence-electron chi connectivity index (χ0n) is 15.5. The van der Waals surface area contributed by atoms with Crippen LogP contribution >= 0.6 is 11.3 Å². The van der Waals surface area contributed by atoms with Gasteiger partial charge in [0.1, 0.15) is 0 Å². The second-order valence-corrected chi connectivity index (χ2v) is 7.80. The highest BCUT2D eigenvalue weighted by Gasteiger charge is 2.25. The van der Waals surface area contributed by atoms with Gasteiger partial charge in [0.2, 0.25) is 0 Å². The molecule has 1 saturated carbocycles. The van der Waals surface area contributed by atoms with Gasteiger partial charge >= 0.3 is 0 Å². The van der Waals surface area contributed by atoms with Gasteiger partial charge in [-0.2, -0.15) is 5.10 Å². The number of aryl methyl sites for hydroxylation is 2. The van der Waals surface area contributed by atoms with E-state index in [1.807, 2.05) is 4.68 Å². The first-order chi connectivity index (χ1) is 13.3. The maximum atomic E-state index is 9.27. The van der Waals surface area contributed by atoms with Crippen LogP contribution in [-0.4, -0.2) is 41.4 Å². The molecule has 0 spiro atoms. The van der Waals surface area contributed by atoms with E-state index < -0.39 is 0 Å². The number of aliphatic hydroxyl groups excluding tert-OH is 1. The Hall–Kier alpha value is -2.19. The van der Waals surface area contributed by atoms with Gasteiger partial charge in [-0.25, -0.2) is 24.6 Å². The predicted octanol–water partition coefficient (Wildman–Crippen LogP) is 3.46. The van der Waals surface area contributed by atoms with Crippen molar-refractivity contribution in [3.8, 4) is 21.5 Å². The lowest BCUT2D eigenvalue weighted by molar-refractivity contribution is 0.277. The Morgan fingerprint density at radius 1 is 1.19 bits per heavy atom. The van der Waals surface area contributed by atoms with Crippen LogP contribution in [0.1, 0.15) is 56.5 Å². The van der Waals surface area contributed by atoms with Gasteiger partial charge in [0, 0.05) is 31.5 Å². The summed E-state index contributed by atoms with van der Waals surface area (Å²) >= 11 is 1.57. The predicted molar refractivity (Wildman–Crippen MR) is 104 cm³/mol. The Balaban J connectivity index is 1.75. The van der Waals surface area contributed by atoms with Crippen LogP contribution in [0.4, 0.5) is 0 Å². The van der Waals surface area contributed by atoms with E-state index in [0.717, 1.165) is 46.5 Å². The SMILES string of the molecule is CCc1nc(-c2ncccn2)sc1-c1nc(C2CCCC2)nn1CCCO. The molecule has 0 unspecified atom stereocenters. The molecule has 1 aliphatic carbocycles. The third kappa shape index (κ3) is 3.77. The van der Waals surface area contributed by atoms with Crippen molar-refractivity contribution in [2.45, 2.75) is 57.9 Å². The lowest BCUT2D eigenvalue weighted by atomic mass is 10.1. The summed E-state index contributed by atoms with van der Waals surface area (Å²) in [6, 6.07) is 1.80. The summed E-state index contributed by atoms with van der Waals surface area (Å²) in [5, 5.41) is 14.9. The van der Waals surface area contributed by atoms with Gasteiger partial charge in [0.15, 0.2) is 22.5 Å². The molecule has 142 valence electrons. The number of thiazole rings is 1. The molecule has 1 N–H and O–H groups in total. The van der Waals surface area contributed by atoms with E-state index in [4.69, 9.17) is 15.1 Å². The first-order valence-corrected chi connectivity index (χ1v) is 10.4. The number of hydrogen-bond acceptors (Lipinski definition) is 7. The van der Waals surface area contributed by atoms with Gasteiger partial charge in [0.05, 0.1) is 10.6 Å². The molecule has 7 nitrogen and oxygen atoms in total. The van der Waals surface area contributed by atoms with Crippen LogP contribution in [0.25, 0.3) is 21.5 Å². The molecule has 27 heavy (non-hydrogen) atoms. The molecule has 3 heterocycles. The monoisotopic (exact) mass is 384 g/mol. The standard InChI is InChI=1S/C19H24N6OS/c1-2-14-15(27-19(22-14)17-20-9-5-10-21-17)18-23-16(13-7-3-4-8-13)24-25(18)11-6-12-26/h5,9-10,13,26H,2-4,6-8,11-12H2,1H3. The molecule has 4 rings (SSSR count). The second kappa shape index (κ2) is 8.22. The van der Waals surface area contributed by atoms with Crippen molar-refractivity contribution in [3.05, 3.63) is 30.0 Å². The number of hydrogen-bond donors (Lipinski definition) is 1. The molecular weight excluding hydrogens is 360 g/mol. The fraction of sp³-hybridized carbons (Fsp3) is 0.526. The summed E-state index contributed by atoms with van der Waals surface area (Å²) in [7, 11) is 0. The molecule has 3 aromatic rings. The molecule has 0 amide bonds. The third-order valence-corrected chi connectivity index (χ3v) is 6.02. The first-order valence-electron chi connectivity index (χ1n) is 9.63. The summed E-state index contributed by atoms with van der Waals surface area (Å²) in [5.74, 6) is 2.89. The van der Waals surface area contributed by atoms with E-state index in [9.17, 15) is 5.11 Å². The van der Waals surface area contributed by atoms with Crippen LogP contribution in [0, 0.1) is 0 Å². The van der Waals surface area contributed by atoms with Gasteiger partial charge < -0.3 is 5.11 Å². The number of aliphatic hydroxyl groups is 1. The summed E-state index contributed by atoms with van der Waals surface area (Å²) in [5.41, 5.74) is 0.998. The molecule has 1 aliphatic rings. The van der Waals surface area contributed by atoms with Crippen molar-refractivity contribution in [2.24, 2.45) is 0 Å². The van der Waals surface area contributed by atoms with E-state index in [1.54, 1.807) is 29.8 Å². The van der Waals surface area contributed by atoms with Crippen LogP contribution in [-0.2, 0) is 13.0 Å². The lowest BCUT2D eigenvalue weighted by Gasteiger charge is -2.04. The summed E-state index contributed by atoms with van der Waals surface area (Å²) in [6.45, 7) is 2.90. The molecule has 0 bridgehead atoms. The first kappa shape index (κ1) is 18.2. The minimum atomic E-state index is 0.143. The zero-order valence-corrected chi connectivity index (χ0v) is 16.3. The normalized spacial score (nSPS) is 14.9. The Kier molecular flexibility index (Phi) is 5.54. The topological polar surface area (TPSA) is 89.6 Å². The molecule has 8 heteroatoms. The summed E-state index contributed by atoms with van der Waals surface area (Å²) in [6.07, 6.45) is 9.77. The Morgan fingerprint density at radius 3 is 2.67 bits per heavy atom. The van der Waals surface area contributed by atoms with Crippen LogP contribution in [0.3, 0.4) is 0 Å². The highest BCUT2D eigenvalue weighted by molar-refractivity contribution is 7.18. The van der Waals surface area contributed by atoms with Crippen LogP contribution in [0.15, 0.2) is 18.5 Å². The van der Waals surface area contributed by atoms with Crippen LogP contribution in [0.5, 0.6) is 0 Å². The number of rotatable bonds is 7. The van der Waals surface area contributed by atoms with Gasteiger partial charge in [-0.15, -0.1) is 11.3 Å². The van der Waals surface area contributed by atoms with Crippen molar-refractivity contribution in [1.29, 1.82) is 0 Å². The maximum Gasteiger partial charge on any atom is 0.188 e. The molecule has 0 aliphatic heterocycles. The van der Waals surface area contributed by atoms with E-state index in [-0.39, 0.29) is 6.61 Å². The van der Waals surface area contributed by atoms with Gasteiger partial charge in [-0.3, -0.25) is 0 Å². The van der Waals surface area contributed by atoms with Crippen molar-refractivity contribution in [2.75, 3.05) is 6.61 Å². The Bertz CT molecular complexity index is 885. The summed E-state index contributed by atoms with van der Waals surface area (Å²) in [4.78, 5) is 19.4. The minimum Gasteiger partial charge on any atom is -0.396 e. The third-order valence-electron chi connectivity index (χ3n) is 4.93. The van der Waals surface area contributed by atoms with Crippen LogP contribution < -0.4 is 0 Å². The fourth-order valence-corrected chi connectivity index (χ4v) is 4.63. The van der Waals surface area contributed by atoms with E-state index >= 15 is 0 Å². The van der Waals surface area contributed by atoms with E-state index in [0.29, 0.717) is 24.7 Å². The zero-order chi connectivity index (χ0) is 18.6. The van der Waals surface area contributed by atoms with Gasteiger partial charge in [-0.05, 0) is 31.7 Å². The summed E-state index contributed by atoms with van der Waals surface area (Å²) < 4.78 is 1.95. The van der Waals surface area contributed by atoms with Crippen LogP contribution in [0.2, 0.25) is 0 Å². The minimum absolute atomic E-state index is 0.143. The maximum absolute atomic E-state index is 9.27. The average molecular weight is 385 g/mol. The lowest BCUT2D eigenvalue weighted by Crippen LogP contribution is -2.05. The highest BCUT2D eigenvalue weighted by atomic mass is 32.1. The quantitative estimate of drug-likeness (QED) is 0.671. The Morgan fingerprint density at radius 2 is 1.96 bits per heavy atom. The Labute approximate surface area is 162 Å². The van der Waals surface area contributed by atoms with Crippen molar-refractivity contribution in [3.63, 3.8) is 0 Å². The molecule has 0 atom stereocenters. The number of aromatic nitrogens is 6. The average Bonchev–Trinajstić information content (AvgIpc) is 3.45. The second-order valence-electron chi connectivity index (χ2n) is 6.80. The number of nitrogens with zero attached hydrogens (tertiary/aromatic N) is 6. The smallest absolute Gasteiger partial charge is 0.188 e. The molecule has 0 aromatic carbocycles. The highest BCUT2D eigenvalue weighted by Crippen LogP contribution is 2.37. The van der Waals surface area contributed by atoms with Crippen molar-refractivity contribution >= 4 is 11.3 Å². The fourth-order valence-electron chi connectivity index (χ4n) is 3.53. The molecule has 1 fully saturated rings. The van der Waals surface area contributed by atoms with Gasteiger partial charge in [-0.1, -0.05) is 19.8 Å². The van der Waals surface area contributed by atoms with E-state index in [1.165, 1.54) is 12.8 Å². The van der Waals surface area contributed by atoms with Crippen molar-refractivity contribution < 1.29 is 5.11 Å². The largest absolute Gasteiger partial charge is 0.396 e. The molecule has 0 saturated heterocycles.